The van der Waals surface area contributed by atoms with Crippen molar-refractivity contribution in [3.8, 4) is 5.75 Å². The molecule has 3 atom stereocenters. The first-order valence-electron chi connectivity index (χ1n) is 11.9. The van der Waals surface area contributed by atoms with Crippen LogP contribution in [0.3, 0.4) is 0 Å². The zero-order chi connectivity index (χ0) is 21.2. The molecule has 168 valence electrons. The van der Waals surface area contributed by atoms with Crippen LogP contribution in [0.4, 0.5) is 0 Å². The van der Waals surface area contributed by atoms with Gasteiger partial charge in [-0.3, -0.25) is 14.5 Å². The summed E-state index contributed by atoms with van der Waals surface area (Å²) in [4.78, 5) is 30.9. The Morgan fingerprint density at radius 3 is 2.71 bits per heavy atom. The predicted octanol–water partition coefficient (Wildman–Crippen LogP) is 2.06. The maximum Gasteiger partial charge on any atom is 0.258 e. The maximum absolute atomic E-state index is 13.5. The van der Waals surface area contributed by atoms with Gasteiger partial charge in [0.25, 0.3) is 5.91 Å². The molecule has 0 unspecified atom stereocenters. The quantitative estimate of drug-likeness (QED) is 0.782. The van der Waals surface area contributed by atoms with Crippen molar-refractivity contribution in [1.82, 2.24) is 15.1 Å². The Bertz CT molecular complexity index is 812. The van der Waals surface area contributed by atoms with Gasteiger partial charge in [-0.2, -0.15) is 0 Å². The third-order valence-corrected chi connectivity index (χ3v) is 7.00. The molecule has 2 amide bonds. The molecule has 31 heavy (non-hydrogen) atoms. The normalized spacial score (nSPS) is 30.5. The van der Waals surface area contributed by atoms with Crippen LogP contribution in [0.5, 0.6) is 5.75 Å². The molecular formula is C24H33N3O4. The molecule has 1 saturated carbocycles. The number of hydrogen-bond donors (Lipinski definition) is 1. The van der Waals surface area contributed by atoms with E-state index in [1.54, 1.807) is 4.90 Å². The molecule has 1 aromatic rings. The van der Waals surface area contributed by atoms with E-state index >= 15 is 0 Å². The topological polar surface area (TPSA) is 71.1 Å². The van der Waals surface area contributed by atoms with Gasteiger partial charge in [0.15, 0.2) is 0 Å². The van der Waals surface area contributed by atoms with Gasteiger partial charge < -0.3 is 19.7 Å². The summed E-state index contributed by atoms with van der Waals surface area (Å²) in [6, 6.07) is 6.91. The highest BCUT2D eigenvalue weighted by Crippen LogP contribution is 2.31. The van der Waals surface area contributed by atoms with Gasteiger partial charge in [0.05, 0.1) is 24.4 Å². The van der Waals surface area contributed by atoms with Crippen LogP contribution in [0, 0.1) is 5.92 Å². The molecule has 1 N–H and O–H groups in total. The smallest absolute Gasteiger partial charge is 0.258 e. The van der Waals surface area contributed by atoms with Crippen LogP contribution in [0.2, 0.25) is 0 Å². The number of piperazine rings is 1. The molecule has 1 aliphatic carbocycles. The number of para-hydroxylation sites is 1. The number of rotatable bonds is 2. The van der Waals surface area contributed by atoms with Crippen LogP contribution in [0.15, 0.2) is 24.3 Å². The maximum atomic E-state index is 13.5. The lowest BCUT2D eigenvalue weighted by Crippen LogP contribution is -2.61. The Labute approximate surface area is 184 Å². The molecule has 0 radical (unpaired) electrons. The first-order chi connectivity index (χ1) is 15.2. The molecule has 7 nitrogen and oxygen atoms in total. The number of ether oxygens (including phenoxy) is 2. The molecule has 3 aliphatic heterocycles. The van der Waals surface area contributed by atoms with Crippen LogP contribution in [-0.2, 0) is 9.53 Å². The number of nitrogens with one attached hydrogen (secondary N) is 1. The number of benzene rings is 1. The van der Waals surface area contributed by atoms with Gasteiger partial charge in [-0.1, -0.05) is 12.1 Å². The molecule has 0 aromatic heterocycles. The van der Waals surface area contributed by atoms with E-state index in [0.717, 1.165) is 44.7 Å². The first kappa shape index (κ1) is 20.8. The minimum atomic E-state index is -0.490. The summed E-state index contributed by atoms with van der Waals surface area (Å²) < 4.78 is 12.3. The Kier molecular flexibility index (Phi) is 6.14. The van der Waals surface area contributed by atoms with Crippen LogP contribution in [-0.4, -0.2) is 79.2 Å². The number of nitrogens with zero attached hydrogens (tertiary/aromatic N) is 2. The fourth-order valence-electron chi connectivity index (χ4n) is 5.04. The van der Waals surface area contributed by atoms with Crippen LogP contribution >= 0.6 is 0 Å². The van der Waals surface area contributed by atoms with Crippen molar-refractivity contribution in [3.63, 3.8) is 0 Å². The minimum Gasteiger partial charge on any atom is -0.493 e. The average molecular weight is 428 g/mol. The number of carbonyl (C=O) groups excluding carboxylic acids is 2. The van der Waals surface area contributed by atoms with Crippen molar-refractivity contribution in [2.75, 3.05) is 39.3 Å². The molecule has 2 saturated heterocycles. The average Bonchev–Trinajstić information content (AvgIpc) is 3.61. The molecule has 0 spiro atoms. The highest BCUT2D eigenvalue weighted by molar-refractivity contribution is 6.00. The SMILES string of the molecule is O=C1NC[C@@H]2CCC[C@@H](CCOc3ccccc3C(=O)N3CCN(CC4CC4)C[C@@H]13)O2. The van der Waals surface area contributed by atoms with Gasteiger partial charge in [0.2, 0.25) is 5.91 Å². The third kappa shape index (κ3) is 4.88. The number of hydrogen-bond acceptors (Lipinski definition) is 5. The zero-order valence-corrected chi connectivity index (χ0v) is 18.1. The van der Waals surface area contributed by atoms with Gasteiger partial charge in [0.1, 0.15) is 11.8 Å². The van der Waals surface area contributed by atoms with Crippen molar-refractivity contribution in [2.24, 2.45) is 5.92 Å². The van der Waals surface area contributed by atoms with E-state index in [0.29, 0.717) is 37.6 Å². The monoisotopic (exact) mass is 427 g/mol. The fraction of sp³-hybridized carbons (Fsp3) is 0.667. The summed E-state index contributed by atoms with van der Waals surface area (Å²) in [5.41, 5.74) is 0.537. The standard InChI is InChI=1S/C24H33N3O4/c28-23-21-16-26(15-17-8-9-17)11-12-27(21)24(29)20-6-1-2-7-22(20)30-13-10-18-4-3-5-19(31-18)14-25-23/h1-2,6-7,17-19,21H,3-5,8-16H2,(H,25,28)/t18-,19-,21-/m0/s1. The second-order valence-electron chi connectivity index (χ2n) is 9.41. The minimum absolute atomic E-state index is 0.0354. The number of amides is 2. The van der Waals surface area contributed by atoms with E-state index in [2.05, 4.69) is 10.2 Å². The summed E-state index contributed by atoms with van der Waals surface area (Å²) in [6.45, 7) is 4.01. The van der Waals surface area contributed by atoms with Crippen molar-refractivity contribution in [3.05, 3.63) is 29.8 Å². The molecule has 4 aliphatic rings. The second kappa shape index (κ2) is 9.17. The summed E-state index contributed by atoms with van der Waals surface area (Å²) in [5.74, 6) is 1.16. The van der Waals surface area contributed by atoms with E-state index in [9.17, 15) is 9.59 Å². The fourth-order valence-corrected chi connectivity index (χ4v) is 5.04. The van der Waals surface area contributed by atoms with Crippen molar-refractivity contribution < 1.29 is 19.1 Å². The van der Waals surface area contributed by atoms with E-state index in [4.69, 9.17) is 9.47 Å². The Morgan fingerprint density at radius 1 is 1.00 bits per heavy atom. The Hall–Kier alpha value is -2.12. The molecule has 7 heteroatoms. The first-order valence-corrected chi connectivity index (χ1v) is 11.9. The van der Waals surface area contributed by atoms with E-state index < -0.39 is 6.04 Å². The van der Waals surface area contributed by atoms with Gasteiger partial charge >= 0.3 is 0 Å². The van der Waals surface area contributed by atoms with Gasteiger partial charge in [-0.05, 0) is 50.2 Å². The predicted molar refractivity (Wildman–Crippen MR) is 116 cm³/mol. The van der Waals surface area contributed by atoms with Crippen LogP contribution in [0.1, 0.15) is 48.9 Å². The highest BCUT2D eigenvalue weighted by atomic mass is 16.5. The van der Waals surface area contributed by atoms with Crippen molar-refractivity contribution in [2.45, 2.75) is 56.8 Å². The van der Waals surface area contributed by atoms with E-state index in [1.807, 2.05) is 24.3 Å². The summed E-state index contributed by atoms with van der Waals surface area (Å²) in [5, 5.41) is 3.11. The van der Waals surface area contributed by atoms with Crippen LogP contribution < -0.4 is 10.1 Å². The van der Waals surface area contributed by atoms with Gasteiger partial charge in [0, 0.05) is 39.1 Å². The molecule has 1 aromatic carbocycles. The van der Waals surface area contributed by atoms with Crippen molar-refractivity contribution >= 4 is 11.8 Å². The summed E-state index contributed by atoms with van der Waals surface area (Å²) >= 11 is 0. The molecule has 2 bridgehead atoms. The van der Waals surface area contributed by atoms with E-state index in [1.165, 1.54) is 12.8 Å². The Balaban J connectivity index is 1.41. The highest BCUT2D eigenvalue weighted by Gasteiger charge is 2.38. The number of carbonyl (C=O) groups is 2. The Morgan fingerprint density at radius 2 is 1.84 bits per heavy atom. The molecule has 3 heterocycles. The third-order valence-electron chi connectivity index (χ3n) is 7.00. The molecule has 5 rings (SSSR count). The zero-order valence-electron chi connectivity index (χ0n) is 18.1. The summed E-state index contributed by atoms with van der Waals surface area (Å²) in [7, 11) is 0. The van der Waals surface area contributed by atoms with Gasteiger partial charge in [-0.15, -0.1) is 0 Å². The van der Waals surface area contributed by atoms with Crippen molar-refractivity contribution in [1.29, 1.82) is 0 Å². The lowest BCUT2D eigenvalue weighted by Gasteiger charge is -2.41. The largest absolute Gasteiger partial charge is 0.493 e. The second-order valence-corrected chi connectivity index (χ2v) is 9.41. The summed E-state index contributed by atoms with van der Waals surface area (Å²) in [6.07, 6.45) is 6.60. The molecular weight excluding hydrogens is 394 g/mol. The lowest BCUT2D eigenvalue weighted by atomic mass is 10.0. The number of fused-ring (bicyclic) bond motifs is 4. The molecule has 3 fully saturated rings. The van der Waals surface area contributed by atoms with Crippen LogP contribution in [0.25, 0.3) is 0 Å². The lowest BCUT2D eigenvalue weighted by molar-refractivity contribution is -0.129. The van der Waals surface area contributed by atoms with Gasteiger partial charge in [-0.25, -0.2) is 0 Å². The van der Waals surface area contributed by atoms with E-state index in [-0.39, 0.29) is 24.0 Å².